The summed E-state index contributed by atoms with van der Waals surface area (Å²) in [6.45, 7) is 0. The molecule has 4 nitrogen and oxygen atoms in total. The fraction of sp³-hybridized carbons (Fsp3) is 0.133. The predicted molar refractivity (Wildman–Crippen MR) is 76.7 cm³/mol. The lowest BCUT2D eigenvalue weighted by Crippen LogP contribution is -2.08. The van der Waals surface area contributed by atoms with Crippen LogP contribution in [0, 0.1) is 0 Å². The Balaban J connectivity index is 2.21. The van der Waals surface area contributed by atoms with Gasteiger partial charge in [0.1, 0.15) is 5.52 Å². The second-order valence-electron chi connectivity index (χ2n) is 4.68. The van der Waals surface area contributed by atoms with Crippen LogP contribution in [0.25, 0.3) is 22.4 Å². The van der Waals surface area contributed by atoms with Gasteiger partial charge in [-0.1, -0.05) is 30.3 Å². The van der Waals surface area contributed by atoms with E-state index in [0.717, 1.165) is 21.5 Å². The maximum absolute atomic E-state index is 10.3. The zero-order valence-corrected chi connectivity index (χ0v) is 10.9. The minimum Gasteiger partial charge on any atom is -0.426 e. The molecule has 0 amide bonds. The van der Waals surface area contributed by atoms with E-state index in [0.29, 0.717) is 11.3 Å². The SMILES string of the molecule is CN(C)c1ccc2nc(-c3ccccc3)n(O)c2c1. The third kappa shape index (κ3) is 1.91. The Labute approximate surface area is 111 Å². The van der Waals surface area contributed by atoms with Crippen LogP contribution in [0.2, 0.25) is 0 Å². The van der Waals surface area contributed by atoms with E-state index in [1.165, 1.54) is 0 Å². The van der Waals surface area contributed by atoms with Gasteiger partial charge >= 0.3 is 0 Å². The van der Waals surface area contributed by atoms with E-state index < -0.39 is 0 Å². The quantitative estimate of drug-likeness (QED) is 0.714. The van der Waals surface area contributed by atoms with Crippen molar-refractivity contribution in [3.8, 4) is 11.4 Å². The number of benzene rings is 2. The zero-order valence-electron chi connectivity index (χ0n) is 10.9. The summed E-state index contributed by atoms with van der Waals surface area (Å²) in [5.41, 5.74) is 3.42. The standard InChI is InChI=1S/C15H15N3O/c1-17(2)12-8-9-13-14(10-12)18(19)15(16-13)11-6-4-3-5-7-11/h3-10,19H,1-2H3. The molecule has 0 fully saturated rings. The molecule has 0 saturated heterocycles. The van der Waals surface area contributed by atoms with Crippen LogP contribution in [0.15, 0.2) is 48.5 Å². The maximum Gasteiger partial charge on any atom is 0.176 e. The highest BCUT2D eigenvalue weighted by Gasteiger charge is 2.12. The molecule has 1 aromatic heterocycles. The lowest BCUT2D eigenvalue weighted by atomic mass is 10.2. The van der Waals surface area contributed by atoms with Crippen molar-refractivity contribution in [3.05, 3.63) is 48.5 Å². The Kier molecular flexibility index (Phi) is 2.63. The first-order valence-corrected chi connectivity index (χ1v) is 6.11. The smallest absolute Gasteiger partial charge is 0.176 e. The first kappa shape index (κ1) is 11.6. The second kappa shape index (κ2) is 4.31. The number of imidazole rings is 1. The van der Waals surface area contributed by atoms with Crippen molar-refractivity contribution in [2.45, 2.75) is 0 Å². The molecule has 0 aliphatic carbocycles. The lowest BCUT2D eigenvalue weighted by Gasteiger charge is -2.11. The van der Waals surface area contributed by atoms with Crippen LogP contribution in [0.4, 0.5) is 5.69 Å². The molecule has 19 heavy (non-hydrogen) atoms. The van der Waals surface area contributed by atoms with E-state index in [1.54, 1.807) is 0 Å². The number of hydrogen-bond donors (Lipinski definition) is 1. The van der Waals surface area contributed by atoms with Gasteiger partial charge in [-0.15, -0.1) is 0 Å². The van der Waals surface area contributed by atoms with Gasteiger partial charge in [0.25, 0.3) is 0 Å². The Morgan fingerprint density at radius 2 is 1.79 bits per heavy atom. The van der Waals surface area contributed by atoms with Crippen LogP contribution in [0.5, 0.6) is 0 Å². The molecule has 0 bridgehead atoms. The zero-order chi connectivity index (χ0) is 13.4. The van der Waals surface area contributed by atoms with Crippen LogP contribution >= 0.6 is 0 Å². The molecule has 2 aromatic carbocycles. The summed E-state index contributed by atoms with van der Waals surface area (Å²) < 4.78 is 1.15. The minimum atomic E-state index is 0.562. The third-order valence-electron chi connectivity index (χ3n) is 3.16. The highest BCUT2D eigenvalue weighted by atomic mass is 16.5. The highest BCUT2D eigenvalue weighted by molar-refractivity contribution is 5.83. The van der Waals surface area contributed by atoms with Crippen molar-refractivity contribution in [2.75, 3.05) is 19.0 Å². The first-order valence-electron chi connectivity index (χ1n) is 6.11. The number of fused-ring (bicyclic) bond motifs is 1. The molecule has 3 aromatic rings. The molecule has 4 heteroatoms. The molecule has 0 radical (unpaired) electrons. The van der Waals surface area contributed by atoms with E-state index in [-0.39, 0.29) is 0 Å². The van der Waals surface area contributed by atoms with Crippen LogP contribution in [-0.4, -0.2) is 29.0 Å². The molecule has 0 unspecified atom stereocenters. The molecular weight excluding hydrogens is 238 g/mol. The third-order valence-corrected chi connectivity index (χ3v) is 3.16. The van der Waals surface area contributed by atoms with Gasteiger partial charge < -0.3 is 10.1 Å². The normalized spacial score (nSPS) is 10.8. The fourth-order valence-electron chi connectivity index (χ4n) is 2.10. The fourth-order valence-corrected chi connectivity index (χ4v) is 2.10. The predicted octanol–water partition coefficient (Wildman–Crippen LogP) is 3.01. The Bertz CT molecular complexity index is 717. The van der Waals surface area contributed by atoms with Crippen LogP contribution in [0.3, 0.4) is 0 Å². The molecule has 0 aliphatic rings. The second-order valence-corrected chi connectivity index (χ2v) is 4.68. The molecular formula is C15H15N3O. The lowest BCUT2D eigenvalue weighted by molar-refractivity contribution is 0.203. The maximum atomic E-state index is 10.3. The van der Waals surface area contributed by atoms with Gasteiger partial charge in [-0.05, 0) is 18.2 Å². The minimum absolute atomic E-state index is 0.562. The summed E-state index contributed by atoms with van der Waals surface area (Å²) in [5.74, 6) is 0.562. The average molecular weight is 253 g/mol. The Hall–Kier alpha value is -2.49. The summed E-state index contributed by atoms with van der Waals surface area (Å²) >= 11 is 0. The number of rotatable bonds is 2. The molecule has 0 saturated carbocycles. The van der Waals surface area contributed by atoms with E-state index in [1.807, 2.05) is 67.5 Å². The number of hydrogen-bond acceptors (Lipinski definition) is 3. The van der Waals surface area contributed by atoms with E-state index in [2.05, 4.69) is 4.98 Å². The van der Waals surface area contributed by atoms with Crippen molar-refractivity contribution in [2.24, 2.45) is 0 Å². The van der Waals surface area contributed by atoms with E-state index in [4.69, 9.17) is 0 Å². The summed E-state index contributed by atoms with van der Waals surface area (Å²) in [7, 11) is 3.94. The number of nitrogens with zero attached hydrogens (tertiary/aromatic N) is 3. The molecule has 3 rings (SSSR count). The van der Waals surface area contributed by atoms with Gasteiger partial charge in [0.2, 0.25) is 0 Å². The van der Waals surface area contributed by atoms with Gasteiger partial charge in [-0.2, -0.15) is 4.73 Å². The molecule has 0 spiro atoms. The van der Waals surface area contributed by atoms with Crippen molar-refractivity contribution in [3.63, 3.8) is 0 Å². The monoisotopic (exact) mass is 253 g/mol. The first-order chi connectivity index (χ1) is 9.16. The largest absolute Gasteiger partial charge is 0.426 e. The van der Waals surface area contributed by atoms with E-state index >= 15 is 0 Å². The number of aromatic nitrogens is 2. The molecule has 0 atom stereocenters. The van der Waals surface area contributed by atoms with Gasteiger partial charge in [-0.3, -0.25) is 0 Å². The van der Waals surface area contributed by atoms with Gasteiger partial charge in [-0.25, -0.2) is 4.98 Å². The Morgan fingerprint density at radius 3 is 2.47 bits per heavy atom. The van der Waals surface area contributed by atoms with Gasteiger partial charge in [0, 0.05) is 25.3 Å². The molecule has 1 N–H and O–H groups in total. The summed E-state index contributed by atoms with van der Waals surface area (Å²) in [4.78, 5) is 6.47. The highest BCUT2D eigenvalue weighted by Crippen LogP contribution is 2.26. The van der Waals surface area contributed by atoms with Gasteiger partial charge in [0.15, 0.2) is 5.82 Å². The van der Waals surface area contributed by atoms with Crippen LogP contribution < -0.4 is 4.90 Å². The number of anilines is 1. The summed E-state index contributed by atoms with van der Waals surface area (Å²) in [6, 6.07) is 15.5. The molecule has 96 valence electrons. The topological polar surface area (TPSA) is 41.3 Å². The van der Waals surface area contributed by atoms with Gasteiger partial charge in [0.05, 0.1) is 5.52 Å². The van der Waals surface area contributed by atoms with Crippen molar-refractivity contribution < 1.29 is 5.21 Å². The van der Waals surface area contributed by atoms with Crippen molar-refractivity contribution in [1.82, 2.24) is 9.71 Å². The van der Waals surface area contributed by atoms with Crippen molar-refractivity contribution in [1.29, 1.82) is 0 Å². The Morgan fingerprint density at radius 1 is 1.05 bits per heavy atom. The molecule has 0 aliphatic heterocycles. The molecule has 1 heterocycles. The van der Waals surface area contributed by atoms with E-state index in [9.17, 15) is 5.21 Å². The summed E-state index contributed by atoms with van der Waals surface area (Å²) in [6.07, 6.45) is 0. The average Bonchev–Trinajstić information content (AvgIpc) is 2.77. The van der Waals surface area contributed by atoms with Crippen LogP contribution in [0.1, 0.15) is 0 Å². The van der Waals surface area contributed by atoms with Crippen LogP contribution in [-0.2, 0) is 0 Å². The summed E-state index contributed by atoms with van der Waals surface area (Å²) in [5, 5.41) is 10.3. The van der Waals surface area contributed by atoms with Crippen molar-refractivity contribution >= 4 is 16.7 Å².